The first-order valence-electron chi connectivity index (χ1n) is 9.68. The Bertz CT molecular complexity index is 821. The Morgan fingerprint density at radius 1 is 1.21 bits per heavy atom. The van der Waals surface area contributed by atoms with Crippen LogP contribution < -0.4 is 11.1 Å². The molecule has 2 rings (SSSR count). The minimum Gasteiger partial charge on any atom is -0.443 e. The molecule has 1 aromatic carbocycles. The van der Waals surface area contributed by atoms with Crippen molar-refractivity contribution in [1.82, 2.24) is 9.55 Å². The second kappa shape index (κ2) is 9.39. The molecule has 2 aromatic rings. The molecule has 7 nitrogen and oxygen atoms in total. The lowest BCUT2D eigenvalue weighted by Crippen LogP contribution is -2.28. The zero-order valence-electron chi connectivity index (χ0n) is 17.1. The number of nitrogen functional groups attached to an aromatic ring is 1. The van der Waals surface area contributed by atoms with Gasteiger partial charge in [0.2, 0.25) is 11.9 Å². The predicted octanol–water partition coefficient (Wildman–Crippen LogP) is 4.82. The van der Waals surface area contributed by atoms with Crippen LogP contribution in [0.1, 0.15) is 59.8 Å². The summed E-state index contributed by atoms with van der Waals surface area (Å²) in [4.78, 5) is 28.7. The van der Waals surface area contributed by atoms with Gasteiger partial charge in [0, 0.05) is 17.7 Å². The molecule has 1 amide bonds. The highest BCUT2D eigenvalue weighted by molar-refractivity contribution is 5.91. The number of nitrogens with one attached hydrogen (secondary N) is 1. The fourth-order valence-corrected chi connectivity index (χ4v) is 2.76. The van der Waals surface area contributed by atoms with Crippen molar-refractivity contribution in [2.75, 3.05) is 11.1 Å². The maximum atomic E-state index is 12.5. The van der Waals surface area contributed by atoms with Crippen molar-refractivity contribution in [3.8, 4) is 11.3 Å². The standard InChI is InChI=1S/C21H30N4O3/c1-5-6-7-8-12-18(26)24-16-11-9-10-15(13-16)17-14-23-19(22)25(17)20(27)28-21(2,3)4/h9-11,13-14H,5-8,12H2,1-4H3,(H2,22,23)(H,24,26). The SMILES string of the molecule is CCCCCCC(=O)Nc1cccc(-c2cnc(N)n2C(=O)OC(C)(C)C)c1. The number of carbonyl (C=O) groups is 2. The summed E-state index contributed by atoms with van der Waals surface area (Å²) in [6.45, 7) is 7.50. The average molecular weight is 386 g/mol. The number of amides is 1. The van der Waals surface area contributed by atoms with Crippen molar-refractivity contribution in [1.29, 1.82) is 0 Å². The number of hydrogen-bond acceptors (Lipinski definition) is 5. The van der Waals surface area contributed by atoms with Crippen LogP contribution in [0.5, 0.6) is 0 Å². The van der Waals surface area contributed by atoms with Gasteiger partial charge in [-0.1, -0.05) is 38.3 Å². The van der Waals surface area contributed by atoms with Crippen molar-refractivity contribution >= 4 is 23.6 Å². The van der Waals surface area contributed by atoms with Crippen LogP contribution >= 0.6 is 0 Å². The van der Waals surface area contributed by atoms with Gasteiger partial charge in [-0.05, 0) is 39.3 Å². The summed E-state index contributed by atoms with van der Waals surface area (Å²) >= 11 is 0. The monoisotopic (exact) mass is 386 g/mol. The number of anilines is 2. The van der Waals surface area contributed by atoms with Crippen LogP contribution in [0.2, 0.25) is 0 Å². The van der Waals surface area contributed by atoms with Crippen molar-refractivity contribution < 1.29 is 14.3 Å². The maximum Gasteiger partial charge on any atom is 0.421 e. The first kappa shape index (κ1) is 21.5. The Morgan fingerprint density at radius 2 is 1.96 bits per heavy atom. The second-order valence-electron chi connectivity index (χ2n) is 7.76. The molecular weight excluding hydrogens is 356 g/mol. The molecule has 3 N–H and O–H groups in total. The lowest BCUT2D eigenvalue weighted by molar-refractivity contribution is -0.116. The van der Waals surface area contributed by atoms with Gasteiger partial charge in [0.05, 0.1) is 11.9 Å². The average Bonchev–Trinajstić information content (AvgIpc) is 2.99. The van der Waals surface area contributed by atoms with Crippen LogP contribution in [0.15, 0.2) is 30.5 Å². The van der Waals surface area contributed by atoms with E-state index in [9.17, 15) is 9.59 Å². The molecule has 152 valence electrons. The van der Waals surface area contributed by atoms with Crippen molar-refractivity contribution in [3.63, 3.8) is 0 Å². The molecule has 1 heterocycles. The summed E-state index contributed by atoms with van der Waals surface area (Å²) in [6, 6.07) is 7.24. The summed E-state index contributed by atoms with van der Waals surface area (Å²) in [5, 5.41) is 2.91. The second-order valence-corrected chi connectivity index (χ2v) is 7.76. The van der Waals surface area contributed by atoms with Crippen LogP contribution in [0, 0.1) is 0 Å². The molecular formula is C21H30N4O3. The van der Waals surface area contributed by atoms with Crippen LogP contribution in [0.3, 0.4) is 0 Å². The Kier molecular flexibility index (Phi) is 7.20. The molecule has 0 atom stereocenters. The van der Waals surface area contributed by atoms with E-state index in [1.165, 1.54) is 10.8 Å². The largest absolute Gasteiger partial charge is 0.443 e. The number of unbranched alkanes of at least 4 members (excludes halogenated alkanes) is 3. The third-order valence-electron chi connectivity index (χ3n) is 4.06. The number of carbonyl (C=O) groups excluding carboxylic acids is 2. The van der Waals surface area contributed by atoms with Crippen molar-refractivity contribution in [3.05, 3.63) is 30.5 Å². The Balaban J connectivity index is 2.16. The molecule has 0 saturated heterocycles. The quantitative estimate of drug-likeness (QED) is 0.664. The zero-order chi connectivity index (χ0) is 20.7. The van der Waals surface area contributed by atoms with Crippen molar-refractivity contribution in [2.45, 2.75) is 65.4 Å². The van der Waals surface area contributed by atoms with Gasteiger partial charge in [-0.15, -0.1) is 0 Å². The minimum atomic E-state index is -0.654. The van der Waals surface area contributed by atoms with E-state index in [0.717, 1.165) is 25.7 Å². The summed E-state index contributed by atoms with van der Waals surface area (Å²) < 4.78 is 6.65. The number of hydrogen-bond donors (Lipinski definition) is 2. The first-order chi connectivity index (χ1) is 13.2. The maximum absolute atomic E-state index is 12.5. The third kappa shape index (κ3) is 6.11. The molecule has 0 aliphatic rings. The molecule has 0 unspecified atom stereocenters. The van der Waals surface area contributed by atoms with Gasteiger partial charge < -0.3 is 15.8 Å². The lowest BCUT2D eigenvalue weighted by Gasteiger charge is -2.20. The molecule has 0 fully saturated rings. The highest BCUT2D eigenvalue weighted by Crippen LogP contribution is 2.26. The minimum absolute atomic E-state index is 0.0200. The van der Waals surface area contributed by atoms with Gasteiger partial charge in [-0.25, -0.2) is 14.3 Å². The van der Waals surface area contributed by atoms with E-state index in [1.54, 1.807) is 26.8 Å². The Labute approximate surface area is 166 Å². The normalized spacial score (nSPS) is 11.3. The van der Waals surface area contributed by atoms with E-state index < -0.39 is 11.7 Å². The van der Waals surface area contributed by atoms with Gasteiger partial charge in [-0.3, -0.25) is 4.79 Å². The van der Waals surface area contributed by atoms with E-state index >= 15 is 0 Å². The molecule has 28 heavy (non-hydrogen) atoms. The van der Waals surface area contributed by atoms with E-state index in [0.29, 0.717) is 23.4 Å². The van der Waals surface area contributed by atoms with E-state index in [-0.39, 0.29) is 11.9 Å². The first-order valence-corrected chi connectivity index (χ1v) is 9.68. The molecule has 0 spiro atoms. The smallest absolute Gasteiger partial charge is 0.421 e. The molecule has 0 bridgehead atoms. The van der Waals surface area contributed by atoms with Gasteiger partial charge in [-0.2, -0.15) is 0 Å². The van der Waals surface area contributed by atoms with Crippen molar-refractivity contribution in [2.24, 2.45) is 0 Å². The van der Waals surface area contributed by atoms with Gasteiger partial charge in [0.1, 0.15) is 5.60 Å². The predicted molar refractivity (Wildman–Crippen MR) is 111 cm³/mol. The van der Waals surface area contributed by atoms with Gasteiger partial charge in [0.25, 0.3) is 0 Å². The summed E-state index contributed by atoms with van der Waals surface area (Å²) in [6.07, 6.45) is 5.62. The molecule has 0 aliphatic heterocycles. The summed E-state index contributed by atoms with van der Waals surface area (Å²) in [7, 11) is 0. The molecule has 1 aromatic heterocycles. The van der Waals surface area contributed by atoms with E-state index in [2.05, 4.69) is 17.2 Å². The number of benzene rings is 1. The van der Waals surface area contributed by atoms with Crippen LogP contribution in [0.25, 0.3) is 11.3 Å². The Hall–Kier alpha value is -2.83. The number of nitrogens with two attached hydrogens (primary N) is 1. The zero-order valence-corrected chi connectivity index (χ0v) is 17.1. The number of imidazole rings is 1. The van der Waals surface area contributed by atoms with E-state index in [1.807, 2.05) is 18.2 Å². The highest BCUT2D eigenvalue weighted by Gasteiger charge is 2.23. The summed E-state index contributed by atoms with van der Waals surface area (Å²) in [5.41, 5.74) is 7.10. The fourth-order valence-electron chi connectivity index (χ4n) is 2.76. The summed E-state index contributed by atoms with van der Waals surface area (Å²) in [5.74, 6) is 0.0306. The number of nitrogens with zero attached hydrogens (tertiary/aromatic N) is 2. The van der Waals surface area contributed by atoms with Crippen LogP contribution in [-0.4, -0.2) is 27.2 Å². The van der Waals surface area contributed by atoms with Gasteiger partial charge >= 0.3 is 6.09 Å². The third-order valence-corrected chi connectivity index (χ3v) is 4.06. The number of ether oxygens (including phenoxy) is 1. The molecule has 0 aliphatic carbocycles. The topological polar surface area (TPSA) is 99.2 Å². The fraction of sp³-hybridized carbons (Fsp3) is 0.476. The highest BCUT2D eigenvalue weighted by atomic mass is 16.6. The molecule has 0 radical (unpaired) electrons. The van der Waals surface area contributed by atoms with Crippen LogP contribution in [-0.2, 0) is 9.53 Å². The number of aromatic nitrogens is 2. The lowest BCUT2D eigenvalue weighted by atomic mass is 10.1. The number of rotatable bonds is 7. The van der Waals surface area contributed by atoms with E-state index in [4.69, 9.17) is 10.5 Å². The van der Waals surface area contributed by atoms with Gasteiger partial charge in [0.15, 0.2) is 0 Å². The molecule has 0 saturated carbocycles. The van der Waals surface area contributed by atoms with Crippen LogP contribution in [0.4, 0.5) is 16.4 Å². The Morgan fingerprint density at radius 3 is 2.64 bits per heavy atom. The molecule has 7 heteroatoms.